The molecule has 4 rings (SSSR count). The van der Waals surface area contributed by atoms with Crippen LogP contribution in [0.4, 0.5) is 10.1 Å². The van der Waals surface area contributed by atoms with Gasteiger partial charge in [-0.3, -0.25) is 9.69 Å². The molecule has 3 aromatic carbocycles. The van der Waals surface area contributed by atoms with Crippen molar-refractivity contribution in [3.05, 3.63) is 102 Å². The van der Waals surface area contributed by atoms with E-state index in [9.17, 15) is 14.3 Å². The fourth-order valence-corrected chi connectivity index (χ4v) is 4.76. The van der Waals surface area contributed by atoms with Gasteiger partial charge in [0.1, 0.15) is 5.82 Å². The van der Waals surface area contributed by atoms with Crippen LogP contribution >= 0.6 is 24.8 Å². The van der Waals surface area contributed by atoms with E-state index < -0.39 is 5.97 Å². The second-order valence-electron chi connectivity index (χ2n) is 8.06. The minimum Gasteiger partial charge on any atom is -0.480 e. The summed E-state index contributed by atoms with van der Waals surface area (Å²) in [6.07, 6.45) is 0. The van der Waals surface area contributed by atoms with Crippen LogP contribution in [-0.2, 0) is 4.79 Å². The average molecular weight is 491 g/mol. The standard InChI is InChI=1S/C26H27FN2O2.2ClH/c1-19-26(25(20-8-4-2-5-9-20)21-10-6-3-7-11-21)29(17-16-28(19)18-24(30)31)23-14-12-22(27)13-15-23;;/h2-15,19,25-26H,16-18H2,1H3,(H,30,31);2*1H/t19?,26-;;/m0../s1. The Labute approximate surface area is 206 Å². The number of carboxylic acid groups (broad SMARTS) is 1. The minimum atomic E-state index is -0.822. The van der Waals surface area contributed by atoms with Gasteiger partial charge in [-0.15, -0.1) is 24.8 Å². The van der Waals surface area contributed by atoms with Gasteiger partial charge in [0.15, 0.2) is 0 Å². The summed E-state index contributed by atoms with van der Waals surface area (Å²) in [5, 5.41) is 9.46. The summed E-state index contributed by atoms with van der Waals surface area (Å²) in [5.41, 5.74) is 3.30. The molecule has 1 saturated heterocycles. The van der Waals surface area contributed by atoms with Crippen molar-refractivity contribution in [1.82, 2.24) is 4.90 Å². The van der Waals surface area contributed by atoms with E-state index in [-0.39, 0.29) is 55.2 Å². The van der Waals surface area contributed by atoms with Gasteiger partial charge < -0.3 is 10.0 Å². The number of anilines is 1. The Kier molecular flexibility index (Phi) is 9.71. The molecular formula is C26H29Cl2FN2O2. The Morgan fingerprint density at radius 1 is 0.909 bits per heavy atom. The van der Waals surface area contributed by atoms with E-state index >= 15 is 0 Å². The molecular weight excluding hydrogens is 462 g/mol. The quantitative estimate of drug-likeness (QED) is 0.497. The summed E-state index contributed by atoms with van der Waals surface area (Å²) in [6, 6.07) is 27.2. The molecule has 0 bridgehead atoms. The van der Waals surface area contributed by atoms with Crippen molar-refractivity contribution in [2.45, 2.75) is 24.9 Å². The third kappa shape index (κ3) is 6.05. The highest BCUT2D eigenvalue weighted by Gasteiger charge is 2.40. The molecule has 1 aliphatic heterocycles. The first-order valence-electron chi connectivity index (χ1n) is 10.6. The SMILES string of the molecule is CC1[C@@H](C(c2ccccc2)c2ccccc2)N(c2ccc(F)cc2)CCN1CC(=O)O.Cl.Cl. The molecule has 3 aromatic rings. The van der Waals surface area contributed by atoms with Gasteiger partial charge in [0, 0.05) is 30.7 Å². The van der Waals surface area contributed by atoms with Gasteiger partial charge in [-0.1, -0.05) is 60.7 Å². The number of carboxylic acids is 1. The summed E-state index contributed by atoms with van der Waals surface area (Å²) >= 11 is 0. The van der Waals surface area contributed by atoms with Crippen molar-refractivity contribution in [3.63, 3.8) is 0 Å². The molecule has 1 aliphatic rings. The topological polar surface area (TPSA) is 43.8 Å². The predicted octanol–water partition coefficient (Wildman–Crippen LogP) is 5.47. The maximum atomic E-state index is 13.6. The van der Waals surface area contributed by atoms with E-state index in [0.717, 1.165) is 5.69 Å². The van der Waals surface area contributed by atoms with Gasteiger partial charge in [0.05, 0.1) is 12.6 Å². The molecule has 0 aliphatic carbocycles. The van der Waals surface area contributed by atoms with Crippen molar-refractivity contribution in [3.8, 4) is 0 Å². The third-order valence-electron chi connectivity index (χ3n) is 6.21. The van der Waals surface area contributed by atoms with E-state index in [1.165, 1.54) is 23.3 Å². The van der Waals surface area contributed by atoms with Gasteiger partial charge in [-0.05, 0) is 42.3 Å². The molecule has 7 heteroatoms. The Morgan fingerprint density at radius 3 is 1.91 bits per heavy atom. The van der Waals surface area contributed by atoms with Crippen LogP contribution in [0, 0.1) is 5.82 Å². The highest BCUT2D eigenvalue weighted by atomic mass is 35.5. The fraction of sp³-hybridized carbons (Fsp3) is 0.269. The number of hydrogen-bond donors (Lipinski definition) is 1. The average Bonchev–Trinajstić information content (AvgIpc) is 2.78. The van der Waals surface area contributed by atoms with E-state index in [2.05, 4.69) is 36.1 Å². The first kappa shape index (κ1) is 26.7. The monoisotopic (exact) mass is 490 g/mol. The van der Waals surface area contributed by atoms with Gasteiger partial charge in [-0.2, -0.15) is 0 Å². The molecule has 1 heterocycles. The van der Waals surface area contributed by atoms with Crippen LogP contribution in [-0.4, -0.2) is 47.7 Å². The molecule has 0 aromatic heterocycles. The minimum absolute atomic E-state index is 0. The largest absolute Gasteiger partial charge is 0.480 e. The van der Waals surface area contributed by atoms with Crippen LogP contribution in [0.1, 0.15) is 24.0 Å². The Balaban J connectivity index is 0.00000193. The van der Waals surface area contributed by atoms with Crippen LogP contribution in [0.5, 0.6) is 0 Å². The van der Waals surface area contributed by atoms with Gasteiger partial charge in [0.2, 0.25) is 0 Å². The zero-order valence-electron chi connectivity index (χ0n) is 18.4. The van der Waals surface area contributed by atoms with Gasteiger partial charge in [-0.25, -0.2) is 4.39 Å². The molecule has 176 valence electrons. The van der Waals surface area contributed by atoms with E-state index in [0.29, 0.717) is 13.1 Å². The lowest BCUT2D eigenvalue weighted by Crippen LogP contribution is -2.61. The van der Waals surface area contributed by atoms with Crippen molar-refractivity contribution in [2.24, 2.45) is 0 Å². The van der Waals surface area contributed by atoms with Crippen molar-refractivity contribution in [2.75, 3.05) is 24.5 Å². The maximum Gasteiger partial charge on any atom is 0.317 e. The van der Waals surface area contributed by atoms with Crippen LogP contribution < -0.4 is 4.90 Å². The third-order valence-corrected chi connectivity index (χ3v) is 6.21. The summed E-state index contributed by atoms with van der Waals surface area (Å²) in [7, 11) is 0. The number of piperazine rings is 1. The summed E-state index contributed by atoms with van der Waals surface area (Å²) < 4.78 is 13.6. The number of rotatable bonds is 6. The van der Waals surface area contributed by atoms with Crippen LogP contribution in [0.2, 0.25) is 0 Å². The molecule has 1 N–H and O–H groups in total. The lowest BCUT2D eigenvalue weighted by atomic mass is 9.79. The highest BCUT2D eigenvalue weighted by Crippen LogP contribution is 2.38. The highest BCUT2D eigenvalue weighted by molar-refractivity contribution is 5.85. The fourth-order valence-electron chi connectivity index (χ4n) is 4.76. The molecule has 4 nitrogen and oxygen atoms in total. The smallest absolute Gasteiger partial charge is 0.317 e. The first-order chi connectivity index (χ1) is 15.0. The van der Waals surface area contributed by atoms with Crippen molar-refractivity contribution < 1.29 is 14.3 Å². The van der Waals surface area contributed by atoms with E-state index in [4.69, 9.17) is 0 Å². The van der Waals surface area contributed by atoms with Gasteiger partial charge in [0.25, 0.3) is 0 Å². The molecule has 1 fully saturated rings. The molecule has 0 spiro atoms. The normalized spacial score (nSPS) is 18.3. The van der Waals surface area contributed by atoms with Crippen molar-refractivity contribution >= 4 is 36.5 Å². The summed E-state index contributed by atoms with van der Waals surface area (Å²) in [4.78, 5) is 15.9. The first-order valence-corrected chi connectivity index (χ1v) is 10.6. The zero-order chi connectivity index (χ0) is 21.8. The molecule has 33 heavy (non-hydrogen) atoms. The van der Waals surface area contributed by atoms with Crippen molar-refractivity contribution in [1.29, 1.82) is 0 Å². The molecule has 0 amide bonds. The summed E-state index contributed by atoms with van der Waals surface area (Å²) in [6.45, 7) is 3.41. The Morgan fingerprint density at radius 2 is 1.42 bits per heavy atom. The molecule has 2 atom stereocenters. The molecule has 0 saturated carbocycles. The van der Waals surface area contributed by atoms with E-state index in [1.54, 1.807) is 0 Å². The zero-order valence-corrected chi connectivity index (χ0v) is 20.0. The number of aliphatic carboxylic acids is 1. The molecule has 1 unspecified atom stereocenters. The number of halogens is 3. The van der Waals surface area contributed by atoms with E-state index in [1.807, 2.05) is 53.4 Å². The van der Waals surface area contributed by atoms with Crippen LogP contribution in [0.25, 0.3) is 0 Å². The Bertz CT molecular complexity index is 966. The maximum absolute atomic E-state index is 13.6. The van der Waals surface area contributed by atoms with Gasteiger partial charge >= 0.3 is 5.97 Å². The second kappa shape index (κ2) is 12.0. The Hall–Kier alpha value is -2.60. The van der Waals surface area contributed by atoms with Crippen LogP contribution in [0.15, 0.2) is 84.9 Å². The summed E-state index contributed by atoms with van der Waals surface area (Å²) in [5.74, 6) is -1.06. The number of benzene rings is 3. The lowest BCUT2D eigenvalue weighted by molar-refractivity contribution is -0.139. The number of nitrogens with zero attached hydrogens (tertiary/aromatic N) is 2. The van der Waals surface area contributed by atoms with Crippen LogP contribution in [0.3, 0.4) is 0 Å². The number of hydrogen-bond acceptors (Lipinski definition) is 3. The second-order valence-corrected chi connectivity index (χ2v) is 8.06. The molecule has 0 radical (unpaired) electrons. The predicted molar refractivity (Wildman–Crippen MR) is 135 cm³/mol. The number of carbonyl (C=O) groups is 1. The lowest BCUT2D eigenvalue weighted by Gasteiger charge is -2.50.